The Hall–Kier alpha value is -3.15. The highest BCUT2D eigenvalue weighted by atomic mass is 16.5. The van der Waals surface area contributed by atoms with Crippen LogP contribution in [0.25, 0.3) is 11.4 Å². The van der Waals surface area contributed by atoms with E-state index in [4.69, 9.17) is 9.26 Å². The molecule has 0 saturated carbocycles. The molecule has 1 unspecified atom stereocenters. The summed E-state index contributed by atoms with van der Waals surface area (Å²) in [5.41, 5.74) is 4.32. The Morgan fingerprint density at radius 3 is 2.66 bits per heavy atom. The standard InChI is InChI=1S/C23H27N3O3/c1-5-28-19-10-8-18(9-11-19)23-25-22(29-26-23)13-12-21(27)24-17(4)20-14-15(2)6-7-16(20)3/h6-11,14,17H,5,12-13H2,1-4H3,(H,24,27). The molecule has 0 aliphatic carbocycles. The van der Waals surface area contributed by atoms with Crippen LogP contribution in [-0.4, -0.2) is 22.7 Å². The number of carbonyl (C=O) groups is 1. The number of rotatable bonds is 8. The summed E-state index contributed by atoms with van der Waals surface area (Å²) >= 11 is 0. The van der Waals surface area contributed by atoms with Gasteiger partial charge in [-0.1, -0.05) is 28.9 Å². The van der Waals surface area contributed by atoms with Crippen LogP contribution in [0, 0.1) is 13.8 Å². The average molecular weight is 393 g/mol. The fourth-order valence-corrected chi connectivity index (χ4v) is 3.18. The molecule has 6 nitrogen and oxygen atoms in total. The molecule has 29 heavy (non-hydrogen) atoms. The summed E-state index contributed by atoms with van der Waals surface area (Å²) in [6, 6.07) is 13.7. The van der Waals surface area contributed by atoms with E-state index in [-0.39, 0.29) is 11.9 Å². The maximum atomic E-state index is 12.4. The molecule has 0 fully saturated rings. The Bertz CT molecular complexity index is 964. The van der Waals surface area contributed by atoms with Crippen LogP contribution in [0.1, 0.15) is 48.9 Å². The summed E-state index contributed by atoms with van der Waals surface area (Å²) in [6.45, 7) is 8.66. The molecular formula is C23H27N3O3. The van der Waals surface area contributed by atoms with Gasteiger partial charge in [0, 0.05) is 18.4 Å². The Balaban J connectivity index is 1.55. The molecule has 3 rings (SSSR count). The number of hydrogen-bond acceptors (Lipinski definition) is 5. The molecule has 6 heteroatoms. The van der Waals surface area contributed by atoms with Crippen LogP contribution in [0.4, 0.5) is 0 Å². The van der Waals surface area contributed by atoms with Crippen molar-refractivity contribution in [3.05, 3.63) is 65.0 Å². The van der Waals surface area contributed by atoms with Crippen molar-refractivity contribution in [3.63, 3.8) is 0 Å². The fraction of sp³-hybridized carbons (Fsp3) is 0.348. The Morgan fingerprint density at radius 1 is 1.17 bits per heavy atom. The van der Waals surface area contributed by atoms with Gasteiger partial charge in [0.1, 0.15) is 5.75 Å². The van der Waals surface area contributed by atoms with Crippen LogP contribution in [0.2, 0.25) is 0 Å². The number of ether oxygens (including phenoxy) is 1. The van der Waals surface area contributed by atoms with Gasteiger partial charge in [0.15, 0.2) is 0 Å². The molecule has 1 heterocycles. The summed E-state index contributed by atoms with van der Waals surface area (Å²) in [4.78, 5) is 16.7. The largest absolute Gasteiger partial charge is 0.494 e. The summed E-state index contributed by atoms with van der Waals surface area (Å²) in [6.07, 6.45) is 0.690. The quantitative estimate of drug-likeness (QED) is 0.607. The van der Waals surface area contributed by atoms with Crippen LogP contribution in [0.15, 0.2) is 47.0 Å². The van der Waals surface area contributed by atoms with E-state index >= 15 is 0 Å². The van der Waals surface area contributed by atoms with Gasteiger partial charge in [-0.15, -0.1) is 0 Å². The van der Waals surface area contributed by atoms with Crippen molar-refractivity contribution in [1.82, 2.24) is 15.5 Å². The van der Waals surface area contributed by atoms with Gasteiger partial charge in [-0.2, -0.15) is 4.98 Å². The minimum absolute atomic E-state index is 0.0424. The number of hydrogen-bond donors (Lipinski definition) is 1. The number of carbonyl (C=O) groups excluding carboxylic acids is 1. The van der Waals surface area contributed by atoms with Gasteiger partial charge in [-0.3, -0.25) is 4.79 Å². The van der Waals surface area contributed by atoms with Crippen LogP contribution >= 0.6 is 0 Å². The van der Waals surface area contributed by atoms with Crippen molar-refractivity contribution in [2.24, 2.45) is 0 Å². The summed E-state index contributed by atoms with van der Waals surface area (Å²) in [5.74, 6) is 1.71. The van der Waals surface area contributed by atoms with Gasteiger partial charge >= 0.3 is 0 Å². The lowest BCUT2D eigenvalue weighted by atomic mass is 10.00. The predicted octanol–water partition coefficient (Wildman–Crippen LogP) is 4.56. The number of aryl methyl sites for hydroxylation is 3. The first-order valence-electron chi connectivity index (χ1n) is 9.88. The average Bonchev–Trinajstić information content (AvgIpc) is 3.18. The second-order valence-corrected chi connectivity index (χ2v) is 7.12. The third-order valence-electron chi connectivity index (χ3n) is 4.74. The smallest absolute Gasteiger partial charge is 0.227 e. The van der Waals surface area contributed by atoms with E-state index in [2.05, 4.69) is 47.5 Å². The van der Waals surface area contributed by atoms with Crippen molar-refractivity contribution in [1.29, 1.82) is 0 Å². The van der Waals surface area contributed by atoms with E-state index in [1.54, 1.807) is 0 Å². The molecule has 0 aliphatic rings. The molecule has 0 aliphatic heterocycles. The van der Waals surface area contributed by atoms with E-state index < -0.39 is 0 Å². The van der Waals surface area contributed by atoms with Crippen LogP contribution in [0.3, 0.4) is 0 Å². The molecule has 0 spiro atoms. The first-order valence-corrected chi connectivity index (χ1v) is 9.88. The van der Waals surface area contributed by atoms with E-state index in [1.807, 2.05) is 38.1 Å². The van der Waals surface area contributed by atoms with Crippen molar-refractivity contribution in [2.45, 2.75) is 46.6 Å². The van der Waals surface area contributed by atoms with Gasteiger partial charge < -0.3 is 14.6 Å². The molecule has 0 saturated heterocycles. The molecule has 152 valence electrons. The lowest BCUT2D eigenvalue weighted by molar-refractivity contribution is -0.121. The number of nitrogens with zero attached hydrogens (tertiary/aromatic N) is 2. The topological polar surface area (TPSA) is 77.2 Å². The molecule has 0 bridgehead atoms. The lowest BCUT2D eigenvalue weighted by Gasteiger charge is -2.17. The van der Waals surface area contributed by atoms with Gasteiger partial charge in [-0.25, -0.2) is 0 Å². The van der Waals surface area contributed by atoms with E-state index in [0.29, 0.717) is 31.2 Å². The van der Waals surface area contributed by atoms with Crippen molar-refractivity contribution in [2.75, 3.05) is 6.61 Å². The number of aromatic nitrogens is 2. The maximum absolute atomic E-state index is 12.4. The monoisotopic (exact) mass is 393 g/mol. The number of amides is 1. The van der Waals surface area contributed by atoms with Crippen LogP contribution < -0.4 is 10.1 Å². The van der Waals surface area contributed by atoms with Gasteiger partial charge in [-0.05, 0) is 63.1 Å². The summed E-state index contributed by atoms with van der Waals surface area (Å²) < 4.78 is 10.7. The normalized spacial score (nSPS) is 11.9. The zero-order valence-electron chi connectivity index (χ0n) is 17.4. The van der Waals surface area contributed by atoms with Crippen molar-refractivity contribution >= 4 is 5.91 Å². The van der Waals surface area contributed by atoms with Crippen molar-refractivity contribution in [3.8, 4) is 17.1 Å². The fourth-order valence-electron chi connectivity index (χ4n) is 3.18. The maximum Gasteiger partial charge on any atom is 0.227 e. The molecule has 1 N–H and O–H groups in total. The molecule has 0 radical (unpaired) electrons. The number of nitrogens with one attached hydrogen (secondary N) is 1. The van der Waals surface area contributed by atoms with E-state index in [9.17, 15) is 4.79 Å². The molecular weight excluding hydrogens is 366 g/mol. The Kier molecular flexibility index (Phi) is 6.65. The zero-order chi connectivity index (χ0) is 20.8. The van der Waals surface area contributed by atoms with Crippen LogP contribution in [0.5, 0.6) is 5.75 Å². The van der Waals surface area contributed by atoms with E-state index in [1.165, 1.54) is 11.1 Å². The third kappa shape index (κ3) is 5.44. The summed E-state index contributed by atoms with van der Waals surface area (Å²) in [5, 5.41) is 7.06. The highest BCUT2D eigenvalue weighted by molar-refractivity contribution is 5.76. The second kappa shape index (κ2) is 9.37. The highest BCUT2D eigenvalue weighted by Crippen LogP contribution is 2.21. The zero-order valence-corrected chi connectivity index (χ0v) is 17.4. The Morgan fingerprint density at radius 2 is 1.93 bits per heavy atom. The first kappa shape index (κ1) is 20.6. The minimum Gasteiger partial charge on any atom is -0.494 e. The van der Waals surface area contributed by atoms with E-state index in [0.717, 1.165) is 16.9 Å². The number of benzene rings is 2. The molecule has 1 aromatic heterocycles. The molecule has 1 amide bonds. The van der Waals surface area contributed by atoms with Crippen LogP contribution in [-0.2, 0) is 11.2 Å². The molecule has 1 atom stereocenters. The van der Waals surface area contributed by atoms with Gasteiger partial charge in [0.25, 0.3) is 0 Å². The SMILES string of the molecule is CCOc1ccc(-c2noc(CCC(=O)NC(C)c3cc(C)ccc3C)n2)cc1. The molecule has 3 aromatic rings. The minimum atomic E-state index is -0.0514. The molecule has 2 aromatic carbocycles. The van der Waals surface area contributed by atoms with Gasteiger partial charge in [0.05, 0.1) is 12.6 Å². The predicted molar refractivity (Wildman–Crippen MR) is 112 cm³/mol. The Labute approximate surface area is 171 Å². The first-order chi connectivity index (χ1) is 14.0. The van der Waals surface area contributed by atoms with Gasteiger partial charge in [0.2, 0.25) is 17.6 Å². The second-order valence-electron chi connectivity index (χ2n) is 7.12. The highest BCUT2D eigenvalue weighted by Gasteiger charge is 2.14. The van der Waals surface area contributed by atoms with Crippen molar-refractivity contribution < 1.29 is 14.1 Å². The lowest BCUT2D eigenvalue weighted by Crippen LogP contribution is -2.27. The summed E-state index contributed by atoms with van der Waals surface area (Å²) in [7, 11) is 0. The third-order valence-corrected chi connectivity index (χ3v) is 4.74.